The molecule has 3 aromatic carbocycles. The molecule has 0 spiro atoms. The molecule has 12 heteroatoms. The fraction of sp³-hybridized carbons (Fsp3) is 0.258. The summed E-state index contributed by atoms with van der Waals surface area (Å²) in [6.45, 7) is 0.917. The van der Waals surface area contributed by atoms with E-state index in [0.29, 0.717) is 61.9 Å². The molecule has 0 aliphatic carbocycles. The van der Waals surface area contributed by atoms with Gasteiger partial charge < -0.3 is 14.6 Å². The van der Waals surface area contributed by atoms with E-state index < -0.39 is 16.8 Å². The van der Waals surface area contributed by atoms with Gasteiger partial charge in [0.15, 0.2) is 5.01 Å². The summed E-state index contributed by atoms with van der Waals surface area (Å²) in [4.78, 5) is 32.9. The van der Waals surface area contributed by atoms with Crippen molar-refractivity contribution in [2.45, 2.75) is 18.8 Å². The SMILES string of the molecule is CNC(=O)c1c(-c2ccc(F)cc2)oc2cc(N(C)S(C)=O)c([C@@H]3CCCN(C(=O)c4nc5ccc(F)cc5s4)C3)cc12. The number of fused-ring (bicyclic) bond motifs is 2. The molecule has 43 heavy (non-hydrogen) atoms. The smallest absolute Gasteiger partial charge is 0.282 e. The number of piperidine rings is 1. The molecule has 1 fully saturated rings. The number of carbonyl (C=O) groups is 2. The first-order chi connectivity index (χ1) is 20.6. The van der Waals surface area contributed by atoms with Crippen molar-refractivity contribution >= 4 is 61.0 Å². The third-order valence-electron chi connectivity index (χ3n) is 7.80. The first kappa shape index (κ1) is 28.9. The monoisotopic (exact) mass is 622 g/mol. The van der Waals surface area contributed by atoms with Crippen LogP contribution >= 0.6 is 11.3 Å². The van der Waals surface area contributed by atoms with Crippen LogP contribution in [-0.4, -0.2) is 59.3 Å². The molecular weight excluding hydrogens is 594 g/mol. The van der Waals surface area contributed by atoms with Gasteiger partial charge in [0.05, 0.1) is 21.5 Å². The van der Waals surface area contributed by atoms with Crippen LogP contribution in [0, 0.1) is 11.6 Å². The Bertz CT molecular complexity index is 1900. The molecule has 0 radical (unpaired) electrons. The van der Waals surface area contributed by atoms with Gasteiger partial charge >= 0.3 is 0 Å². The second kappa shape index (κ2) is 11.5. The van der Waals surface area contributed by atoms with Gasteiger partial charge in [-0.2, -0.15) is 0 Å². The van der Waals surface area contributed by atoms with Gasteiger partial charge in [-0.05, 0) is 66.9 Å². The Balaban J connectivity index is 1.43. The summed E-state index contributed by atoms with van der Waals surface area (Å²) in [7, 11) is 1.87. The highest BCUT2D eigenvalue weighted by molar-refractivity contribution is 7.85. The quantitative estimate of drug-likeness (QED) is 0.247. The number of anilines is 1. The Kier molecular flexibility index (Phi) is 7.74. The van der Waals surface area contributed by atoms with Crippen LogP contribution in [0.5, 0.6) is 0 Å². The highest BCUT2D eigenvalue weighted by Crippen LogP contribution is 2.42. The van der Waals surface area contributed by atoms with E-state index in [1.807, 2.05) is 6.07 Å². The lowest BCUT2D eigenvalue weighted by molar-refractivity contribution is 0.0707. The van der Waals surface area contributed by atoms with Crippen LogP contribution in [0.3, 0.4) is 0 Å². The maximum absolute atomic E-state index is 13.7. The van der Waals surface area contributed by atoms with Crippen LogP contribution in [0.2, 0.25) is 0 Å². The fourth-order valence-corrected chi connectivity index (χ4v) is 6.98. The number of halogens is 2. The summed E-state index contributed by atoms with van der Waals surface area (Å²) >= 11 is 1.16. The molecule has 5 aromatic rings. The maximum atomic E-state index is 13.7. The van der Waals surface area contributed by atoms with Gasteiger partial charge in [-0.25, -0.2) is 18.0 Å². The first-order valence-electron chi connectivity index (χ1n) is 13.7. The number of amides is 2. The van der Waals surface area contributed by atoms with Crippen molar-refractivity contribution in [2.24, 2.45) is 0 Å². The van der Waals surface area contributed by atoms with Crippen LogP contribution < -0.4 is 9.62 Å². The number of furan rings is 1. The molecule has 0 saturated carbocycles. The minimum absolute atomic E-state index is 0.142. The summed E-state index contributed by atoms with van der Waals surface area (Å²) in [5.74, 6) is -1.23. The van der Waals surface area contributed by atoms with E-state index in [1.165, 1.54) is 31.3 Å². The maximum Gasteiger partial charge on any atom is 0.282 e. The van der Waals surface area contributed by atoms with Crippen molar-refractivity contribution in [3.05, 3.63) is 82.4 Å². The lowest BCUT2D eigenvalue weighted by atomic mass is 9.88. The fourth-order valence-electron chi connectivity index (χ4n) is 5.58. The number of hydrogen-bond donors (Lipinski definition) is 1. The van der Waals surface area contributed by atoms with Gasteiger partial charge in [0.2, 0.25) is 0 Å². The summed E-state index contributed by atoms with van der Waals surface area (Å²) < 4.78 is 48.5. The second-order valence-electron chi connectivity index (χ2n) is 10.4. The number of nitrogens with zero attached hydrogens (tertiary/aromatic N) is 3. The summed E-state index contributed by atoms with van der Waals surface area (Å²) in [6.07, 6.45) is 3.05. The van der Waals surface area contributed by atoms with Gasteiger partial charge in [-0.3, -0.25) is 13.9 Å². The van der Waals surface area contributed by atoms with Crippen molar-refractivity contribution in [2.75, 3.05) is 37.7 Å². The number of likely N-dealkylation sites (tertiary alicyclic amines) is 1. The Labute approximate surface area is 252 Å². The van der Waals surface area contributed by atoms with E-state index >= 15 is 0 Å². The molecule has 2 amide bonds. The zero-order valence-corrected chi connectivity index (χ0v) is 25.3. The summed E-state index contributed by atoms with van der Waals surface area (Å²) in [6, 6.07) is 13.6. The van der Waals surface area contributed by atoms with Gasteiger partial charge in [-0.1, -0.05) is 0 Å². The molecular formula is C31H28F2N4O4S2. The molecule has 2 atom stereocenters. The largest absolute Gasteiger partial charge is 0.455 e. The number of aromatic nitrogens is 1. The molecule has 2 aromatic heterocycles. The predicted molar refractivity (Wildman–Crippen MR) is 165 cm³/mol. The average Bonchev–Trinajstić information content (AvgIpc) is 3.60. The van der Waals surface area contributed by atoms with Crippen molar-refractivity contribution < 1.29 is 27.0 Å². The Morgan fingerprint density at radius 3 is 2.58 bits per heavy atom. The van der Waals surface area contributed by atoms with Crippen molar-refractivity contribution in [1.82, 2.24) is 15.2 Å². The molecule has 3 heterocycles. The van der Waals surface area contributed by atoms with Gasteiger partial charge in [0.25, 0.3) is 11.8 Å². The van der Waals surface area contributed by atoms with Crippen LogP contribution in [0.4, 0.5) is 14.5 Å². The first-order valence-corrected chi connectivity index (χ1v) is 16.0. The summed E-state index contributed by atoms with van der Waals surface area (Å²) in [5, 5.41) is 3.53. The Morgan fingerprint density at radius 2 is 1.86 bits per heavy atom. The summed E-state index contributed by atoms with van der Waals surface area (Å²) in [5.41, 5.74) is 3.32. The van der Waals surface area contributed by atoms with Crippen molar-refractivity contribution in [3.8, 4) is 11.3 Å². The van der Waals surface area contributed by atoms with E-state index in [1.54, 1.807) is 46.8 Å². The molecule has 0 bridgehead atoms. The van der Waals surface area contributed by atoms with E-state index in [9.17, 15) is 22.6 Å². The van der Waals surface area contributed by atoms with Crippen molar-refractivity contribution in [1.29, 1.82) is 0 Å². The molecule has 1 saturated heterocycles. The van der Waals surface area contributed by atoms with Crippen LogP contribution in [-0.2, 0) is 11.0 Å². The number of nitrogens with one attached hydrogen (secondary N) is 1. The molecule has 8 nitrogen and oxygen atoms in total. The number of carbonyl (C=O) groups excluding carboxylic acids is 2. The molecule has 222 valence electrons. The number of rotatable bonds is 6. The highest BCUT2D eigenvalue weighted by Gasteiger charge is 2.31. The van der Waals surface area contributed by atoms with Crippen LogP contribution in [0.15, 0.2) is 59.0 Å². The zero-order valence-electron chi connectivity index (χ0n) is 23.6. The van der Waals surface area contributed by atoms with E-state index in [0.717, 1.165) is 29.7 Å². The Hall–Kier alpha value is -4.16. The molecule has 1 N–H and O–H groups in total. The van der Waals surface area contributed by atoms with Gasteiger partial charge in [0.1, 0.15) is 34.0 Å². The zero-order chi connectivity index (χ0) is 30.4. The molecule has 1 aliphatic rings. The third kappa shape index (κ3) is 5.40. The molecule has 1 unspecified atom stereocenters. The number of benzene rings is 3. The minimum atomic E-state index is -1.37. The van der Waals surface area contributed by atoms with E-state index in [2.05, 4.69) is 10.3 Å². The van der Waals surface area contributed by atoms with Crippen LogP contribution in [0.1, 0.15) is 44.5 Å². The third-order valence-corrected chi connectivity index (χ3v) is 9.78. The predicted octanol–water partition coefficient (Wildman–Crippen LogP) is 6.10. The normalized spacial score (nSPS) is 16.0. The average molecular weight is 623 g/mol. The molecule has 1 aliphatic heterocycles. The van der Waals surface area contributed by atoms with Crippen molar-refractivity contribution in [3.63, 3.8) is 0 Å². The van der Waals surface area contributed by atoms with E-state index in [4.69, 9.17) is 4.42 Å². The number of hydrogen-bond acceptors (Lipinski definition) is 6. The minimum Gasteiger partial charge on any atom is -0.455 e. The standard InChI is InChI=1S/C31H28F2N4O4S2/c1-34-29(38)27-22-14-21(24(36(2)43(3)40)15-25(22)41-28(27)17-6-8-19(32)9-7-17)18-5-4-12-37(16-18)31(39)30-35-23-11-10-20(33)13-26(23)42-30/h6-11,13-15,18H,4-5,12,16H2,1-3H3,(H,34,38)/t18-,43?/m1/s1. The Morgan fingerprint density at radius 1 is 1.12 bits per heavy atom. The van der Waals surface area contributed by atoms with Crippen LogP contribution in [0.25, 0.3) is 32.5 Å². The number of thiazole rings is 1. The highest BCUT2D eigenvalue weighted by atomic mass is 32.2. The topological polar surface area (TPSA) is 95.8 Å². The van der Waals surface area contributed by atoms with Gasteiger partial charge in [0, 0.05) is 56.4 Å². The van der Waals surface area contributed by atoms with E-state index in [-0.39, 0.29) is 23.5 Å². The second-order valence-corrected chi connectivity index (χ2v) is 12.9. The lowest BCUT2D eigenvalue weighted by Crippen LogP contribution is -2.39. The lowest BCUT2D eigenvalue weighted by Gasteiger charge is -2.34. The molecule has 6 rings (SSSR count). The van der Waals surface area contributed by atoms with Gasteiger partial charge in [-0.15, -0.1) is 11.3 Å².